The first kappa shape index (κ1) is 27.0. The van der Waals surface area contributed by atoms with Crippen LogP contribution in [0, 0.1) is 11.3 Å². The number of nitrogens with zero attached hydrogens (tertiary/aromatic N) is 5. The number of fused-ring (bicyclic) bond motifs is 1. The van der Waals surface area contributed by atoms with E-state index in [9.17, 15) is 26.7 Å². The number of aryl methyl sites for hydroxylation is 1. The summed E-state index contributed by atoms with van der Waals surface area (Å²) < 4.78 is 70.0. The van der Waals surface area contributed by atoms with Gasteiger partial charge in [-0.15, -0.1) is 10.2 Å². The SMILES string of the molecule is CC(C)S(=O)C1CC=C(c2cc(S(=O)(=O)NC3(C#N)CC3)cc3c(-c4nnc(C(F)F)s4)nn(C)c23)CC1. The van der Waals surface area contributed by atoms with Crippen molar-refractivity contribution in [2.75, 3.05) is 0 Å². The van der Waals surface area contributed by atoms with E-state index >= 15 is 0 Å². The van der Waals surface area contributed by atoms with Crippen molar-refractivity contribution in [3.63, 3.8) is 0 Å². The number of hydrogen-bond donors (Lipinski definition) is 1. The van der Waals surface area contributed by atoms with Crippen LogP contribution in [0.15, 0.2) is 23.1 Å². The van der Waals surface area contributed by atoms with E-state index in [1.807, 2.05) is 26.0 Å². The van der Waals surface area contributed by atoms with Crippen LogP contribution in [-0.4, -0.2) is 48.6 Å². The Morgan fingerprint density at radius 1 is 1.29 bits per heavy atom. The Balaban J connectivity index is 1.67. The van der Waals surface area contributed by atoms with Gasteiger partial charge in [0.1, 0.15) is 11.2 Å². The van der Waals surface area contributed by atoms with E-state index in [0.29, 0.717) is 59.9 Å². The van der Waals surface area contributed by atoms with Crippen LogP contribution < -0.4 is 4.72 Å². The van der Waals surface area contributed by atoms with Gasteiger partial charge in [-0.25, -0.2) is 17.2 Å². The van der Waals surface area contributed by atoms with Gasteiger partial charge in [0, 0.05) is 39.3 Å². The van der Waals surface area contributed by atoms with Crippen LogP contribution in [0.4, 0.5) is 8.78 Å². The van der Waals surface area contributed by atoms with E-state index in [2.05, 4.69) is 20.0 Å². The average molecular weight is 581 g/mol. The number of halogens is 2. The number of allylic oxidation sites excluding steroid dienone is 2. The molecule has 0 saturated heterocycles. The van der Waals surface area contributed by atoms with Crippen LogP contribution in [0.3, 0.4) is 0 Å². The predicted octanol–water partition coefficient (Wildman–Crippen LogP) is 4.46. The molecule has 2 heterocycles. The van der Waals surface area contributed by atoms with Crippen molar-refractivity contribution in [2.45, 2.75) is 73.3 Å². The Labute approximate surface area is 225 Å². The summed E-state index contributed by atoms with van der Waals surface area (Å²) in [5, 5.41) is 21.6. The van der Waals surface area contributed by atoms with E-state index in [-0.39, 0.29) is 26.1 Å². The fourth-order valence-corrected chi connectivity index (χ4v) is 8.23. The van der Waals surface area contributed by atoms with Crippen LogP contribution in [0.2, 0.25) is 0 Å². The third-order valence-electron chi connectivity index (χ3n) is 6.85. The summed E-state index contributed by atoms with van der Waals surface area (Å²) in [6.45, 7) is 3.86. The lowest BCUT2D eigenvalue weighted by Crippen LogP contribution is -2.35. The Hall–Kier alpha value is -2.60. The molecule has 2 aliphatic carbocycles. The number of benzene rings is 1. The summed E-state index contributed by atoms with van der Waals surface area (Å²) in [4.78, 5) is -0.0526. The highest BCUT2D eigenvalue weighted by Crippen LogP contribution is 2.41. The van der Waals surface area contributed by atoms with E-state index in [1.165, 1.54) is 6.07 Å². The Morgan fingerprint density at radius 3 is 2.58 bits per heavy atom. The molecule has 14 heteroatoms. The fourth-order valence-electron chi connectivity index (χ4n) is 4.70. The second kappa shape index (κ2) is 9.86. The normalized spacial score (nSPS) is 20.1. The molecule has 202 valence electrons. The maximum absolute atomic E-state index is 13.4. The molecule has 2 atom stereocenters. The van der Waals surface area contributed by atoms with Crippen molar-refractivity contribution >= 4 is 48.6 Å². The second-order valence-corrected chi connectivity index (χ2v) is 14.8. The van der Waals surface area contributed by atoms with Gasteiger partial charge >= 0.3 is 0 Å². The number of aromatic nitrogens is 4. The summed E-state index contributed by atoms with van der Waals surface area (Å²) in [7, 11) is -3.37. The third kappa shape index (κ3) is 4.92. The number of nitriles is 1. The molecule has 1 saturated carbocycles. The molecule has 3 aromatic rings. The third-order valence-corrected chi connectivity index (χ3v) is 11.3. The summed E-state index contributed by atoms with van der Waals surface area (Å²) in [5.41, 5.74) is 1.30. The van der Waals surface area contributed by atoms with Crippen molar-refractivity contribution in [3.8, 4) is 16.8 Å². The van der Waals surface area contributed by atoms with Gasteiger partial charge < -0.3 is 0 Å². The number of rotatable bonds is 8. The largest absolute Gasteiger partial charge is 0.291 e. The van der Waals surface area contributed by atoms with E-state index in [4.69, 9.17) is 0 Å². The minimum Gasteiger partial charge on any atom is -0.267 e. The molecular weight excluding hydrogens is 555 g/mol. The first-order chi connectivity index (χ1) is 17.9. The molecule has 2 aliphatic rings. The molecule has 1 N–H and O–H groups in total. The van der Waals surface area contributed by atoms with Gasteiger partial charge in [0.05, 0.1) is 16.5 Å². The smallest absolute Gasteiger partial charge is 0.267 e. The molecular formula is C24H26F2N6O3S3. The van der Waals surface area contributed by atoms with Gasteiger partial charge in [-0.3, -0.25) is 8.89 Å². The standard InChI is InChI=1S/C24H26F2N6O3S3/c1-13(2)37(33)15-6-4-14(5-7-15)17-10-16(38(34,35)31-24(12-27)8-9-24)11-18-19(30-32(3)20(17)18)22-28-29-23(36-22)21(25)26/h4,10-11,13,15,21,31H,5-9H2,1-3H3. The van der Waals surface area contributed by atoms with E-state index < -0.39 is 37.8 Å². The lowest BCUT2D eigenvalue weighted by molar-refractivity contribution is 0.150. The zero-order valence-electron chi connectivity index (χ0n) is 20.9. The molecule has 0 radical (unpaired) electrons. The van der Waals surface area contributed by atoms with Gasteiger partial charge in [0.2, 0.25) is 10.0 Å². The van der Waals surface area contributed by atoms with Crippen molar-refractivity contribution < 1.29 is 21.4 Å². The predicted molar refractivity (Wildman–Crippen MR) is 141 cm³/mol. The maximum atomic E-state index is 13.4. The summed E-state index contributed by atoms with van der Waals surface area (Å²) in [6, 6.07) is 5.05. The lowest BCUT2D eigenvalue weighted by Gasteiger charge is -2.24. The van der Waals surface area contributed by atoms with Crippen LogP contribution in [-0.2, 0) is 27.9 Å². The summed E-state index contributed by atoms with van der Waals surface area (Å²) in [5.74, 6) is 0. The monoisotopic (exact) mass is 580 g/mol. The highest BCUT2D eigenvalue weighted by molar-refractivity contribution is 7.89. The van der Waals surface area contributed by atoms with E-state index in [0.717, 1.165) is 5.57 Å². The molecule has 38 heavy (non-hydrogen) atoms. The molecule has 0 spiro atoms. The average Bonchev–Trinajstić information content (AvgIpc) is 3.31. The highest BCUT2D eigenvalue weighted by Gasteiger charge is 2.47. The Morgan fingerprint density at radius 2 is 2.03 bits per heavy atom. The summed E-state index contributed by atoms with van der Waals surface area (Å²) >= 11 is 0.702. The first-order valence-electron chi connectivity index (χ1n) is 12.1. The molecule has 9 nitrogen and oxygen atoms in total. The van der Waals surface area contributed by atoms with Crippen LogP contribution >= 0.6 is 11.3 Å². The first-order valence-corrected chi connectivity index (χ1v) is 15.7. The topological polar surface area (TPSA) is 131 Å². The molecule has 5 rings (SSSR count). The quantitative estimate of drug-likeness (QED) is 0.416. The molecule has 0 bridgehead atoms. The second-order valence-electron chi connectivity index (χ2n) is 9.89. The number of alkyl halides is 2. The molecule has 1 aromatic carbocycles. The molecule has 0 aliphatic heterocycles. The molecule has 2 unspecified atom stereocenters. The number of nitrogens with one attached hydrogen (secondary N) is 1. The number of hydrogen-bond acceptors (Lipinski definition) is 8. The van der Waals surface area contributed by atoms with Gasteiger partial charge in [0.25, 0.3) is 6.43 Å². The fraction of sp³-hybridized carbons (Fsp3) is 0.500. The lowest BCUT2D eigenvalue weighted by atomic mass is 9.92. The van der Waals surface area contributed by atoms with Crippen molar-refractivity contribution in [1.82, 2.24) is 24.7 Å². The molecule has 0 amide bonds. The molecule has 2 aromatic heterocycles. The van der Waals surface area contributed by atoms with Gasteiger partial charge in [-0.2, -0.15) is 15.1 Å². The van der Waals surface area contributed by atoms with Gasteiger partial charge in [0.15, 0.2) is 10.0 Å². The minimum atomic E-state index is -4.09. The van der Waals surface area contributed by atoms with E-state index in [1.54, 1.807) is 17.8 Å². The van der Waals surface area contributed by atoms with Crippen LogP contribution in [0.1, 0.15) is 62.9 Å². The Kier molecular flexibility index (Phi) is 7.00. The molecule has 1 fully saturated rings. The van der Waals surface area contributed by atoms with Crippen LogP contribution in [0.5, 0.6) is 0 Å². The van der Waals surface area contributed by atoms with Gasteiger partial charge in [-0.1, -0.05) is 31.3 Å². The highest BCUT2D eigenvalue weighted by atomic mass is 32.2. The van der Waals surface area contributed by atoms with Crippen molar-refractivity contribution in [2.24, 2.45) is 7.05 Å². The Bertz CT molecular complexity index is 1620. The zero-order valence-corrected chi connectivity index (χ0v) is 23.4. The summed E-state index contributed by atoms with van der Waals surface area (Å²) in [6.07, 6.45) is 1.93. The van der Waals surface area contributed by atoms with Gasteiger partial charge in [-0.05, 0) is 49.8 Å². The maximum Gasteiger partial charge on any atom is 0.291 e. The zero-order chi connectivity index (χ0) is 27.4. The minimum absolute atomic E-state index is 0.0180. The number of sulfonamides is 1. The van der Waals surface area contributed by atoms with Crippen LogP contribution in [0.25, 0.3) is 27.2 Å². The van der Waals surface area contributed by atoms with Crippen molar-refractivity contribution in [3.05, 3.63) is 28.8 Å². The van der Waals surface area contributed by atoms with Crippen molar-refractivity contribution in [1.29, 1.82) is 5.26 Å².